The third-order valence-corrected chi connectivity index (χ3v) is 8.42. The third kappa shape index (κ3) is 3.61. The number of furan rings is 1. The zero-order chi connectivity index (χ0) is 29.8. The molecule has 43 heavy (non-hydrogen) atoms. The molecule has 3 heterocycles. The monoisotopic (exact) mass is 576 g/mol. The van der Waals surface area contributed by atoms with E-state index in [-0.39, 0.29) is 45.8 Å². The van der Waals surface area contributed by atoms with E-state index < -0.39 is 17.6 Å². The minimum Gasteiger partial charge on any atom is -0.508 e. The van der Waals surface area contributed by atoms with Gasteiger partial charge in [-0.1, -0.05) is 6.07 Å². The number of fused-ring (bicyclic) bond motifs is 9. The molecule has 0 radical (unpaired) electrons. The molecule has 0 saturated heterocycles. The summed E-state index contributed by atoms with van der Waals surface area (Å²) in [6.45, 7) is 1.73. The van der Waals surface area contributed by atoms with Crippen molar-refractivity contribution in [2.75, 3.05) is 0 Å². The fourth-order valence-electron chi connectivity index (χ4n) is 6.43. The zero-order valence-electron chi connectivity index (χ0n) is 22.6. The molecule has 2 bridgehead atoms. The van der Waals surface area contributed by atoms with Crippen molar-refractivity contribution in [2.45, 2.75) is 24.5 Å². The van der Waals surface area contributed by atoms with E-state index in [9.17, 15) is 30.6 Å². The van der Waals surface area contributed by atoms with Gasteiger partial charge in [0.05, 0.1) is 11.1 Å². The number of rotatable bonds is 2. The summed E-state index contributed by atoms with van der Waals surface area (Å²) >= 11 is 0. The van der Waals surface area contributed by atoms with Gasteiger partial charge in [0, 0.05) is 46.2 Å². The normalized spacial score (nSPS) is 21.8. The summed E-state index contributed by atoms with van der Waals surface area (Å²) in [6.07, 6.45) is 0.634. The molecule has 8 rings (SSSR count). The smallest absolute Gasteiger partial charge is 0.152 e. The highest BCUT2D eigenvalue weighted by Gasteiger charge is 2.53. The predicted octanol–water partition coefficient (Wildman–Crippen LogP) is 6.12. The number of phenols is 5. The molecule has 9 nitrogen and oxygen atoms in total. The first-order valence-electron chi connectivity index (χ1n) is 13.6. The molecule has 0 amide bonds. The Kier molecular flexibility index (Phi) is 4.98. The van der Waals surface area contributed by atoms with Gasteiger partial charge in [-0.05, 0) is 67.1 Å². The highest BCUT2D eigenvalue weighted by Crippen LogP contribution is 2.60. The van der Waals surface area contributed by atoms with E-state index in [0.29, 0.717) is 44.9 Å². The fraction of sp³-hybridized carbons (Fsp3) is 0.118. The van der Waals surface area contributed by atoms with Crippen LogP contribution in [-0.2, 0) is 0 Å². The van der Waals surface area contributed by atoms with Crippen molar-refractivity contribution in [3.05, 3.63) is 101 Å². The van der Waals surface area contributed by atoms with Crippen molar-refractivity contribution in [1.29, 1.82) is 0 Å². The molecule has 1 aliphatic carbocycles. The van der Waals surface area contributed by atoms with Crippen molar-refractivity contribution in [2.24, 2.45) is 0 Å². The lowest BCUT2D eigenvalue weighted by atomic mass is 9.66. The number of ether oxygens (including phenoxy) is 2. The fourth-order valence-corrected chi connectivity index (χ4v) is 6.43. The van der Waals surface area contributed by atoms with Gasteiger partial charge in [-0.25, -0.2) is 0 Å². The molecular weight excluding hydrogens is 552 g/mol. The molecule has 0 saturated carbocycles. The lowest BCUT2D eigenvalue weighted by Crippen LogP contribution is -2.53. The summed E-state index contributed by atoms with van der Waals surface area (Å²) in [5, 5.41) is 64.9. The van der Waals surface area contributed by atoms with Gasteiger partial charge in [-0.15, -0.1) is 0 Å². The van der Waals surface area contributed by atoms with E-state index in [4.69, 9.17) is 13.9 Å². The quantitative estimate of drug-likeness (QED) is 0.146. The summed E-state index contributed by atoms with van der Waals surface area (Å²) in [7, 11) is 0. The molecule has 0 fully saturated rings. The second-order valence-electron chi connectivity index (χ2n) is 11.2. The molecule has 4 aromatic carbocycles. The number of phenolic OH excluding ortho intramolecular Hbond substituents is 5. The molecule has 0 unspecified atom stereocenters. The molecule has 6 N–H and O–H groups in total. The Hall–Kier alpha value is -5.54. The Labute approximate surface area is 244 Å². The van der Waals surface area contributed by atoms with Crippen LogP contribution >= 0.6 is 0 Å². The second kappa shape index (κ2) is 8.50. The first-order chi connectivity index (χ1) is 20.6. The third-order valence-electron chi connectivity index (χ3n) is 8.42. The van der Waals surface area contributed by atoms with Gasteiger partial charge in [-0.2, -0.15) is 0 Å². The Balaban J connectivity index is 1.39. The van der Waals surface area contributed by atoms with E-state index in [2.05, 4.69) is 0 Å². The first kappa shape index (κ1) is 25.2. The van der Waals surface area contributed by atoms with Crippen molar-refractivity contribution in [1.82, 2.24) is 0 Å². The summed E-state index contributed by atoms with van der Waals surface area (Å²) in [6, 6.07) is 18.6. The van der Waals surface area contributed by atoms with Crippen molar-refractivity contribution < 1.29 is 44.5 Å². The van der Waals surface area contributed by atoms with Crippen molar-refractivity contribution >= 4 is 22.3 Å². The number of aliphatic hydroxyl groups excluding tert-OH is 1. The summed E-state index contributed by atoms with van der Waals surface area (Å²) < 4.78 is 18.7. The van der Waals surface area contributed by atoms with Crippen LogP contribution in [0.25, 0.3) is 33.6 Å². The second-order valence-corrected chi connectivity index (χ2v) is 11.2. The maximum Gasteiger partial charge on any atom is 0.152 e. The van der Waals surface area contributed by atoms with Crippen LogP contribution in [0.4, 0.5) is 0 Å². The van der Waals surface area contributed by atoms with Crippen molar-refractivity contribution in [3.63, 3.8) is 0 Å². The maximum atomic E-state index is 11.7. The summed E-state index contributed by atoms with van der Waals surface area (Å²) in [5.41, 5.74) is 1.98. The molecule has 0 spiro atoms. The number of aromatic hydroxyl groups is 5. The van der Waals surface area contributed by atoms with Gasteiger partial charge in [0.25, 0.3) is 0 Å². The van der Waals surface area contributed by atoms with E-state index in [0.717, 1.165) is 5.39 Å². The summed E-state index contributed by atoms with van der Waals surface area (Å²) in [5.74, 6) is 0.130. The minimum atomic E-state index is -1.24. The molecule has 9 heteroatoms. The van der Waals surface area contributed by atoms with Gasteiger partial charge >= 0.3 is 0 Å². The minimum absolute atomic E-state index is 0.00242. The van der Waals surface area contributed by atoms with E-state index in [1.165, 1.54) is 36.4 Å². The Morgan fingerprint density at radius 3 is 2.30 bits per heavy atom. The van der Waals surface area contributed by atoms with Crippen molar-refractivity contribution in [3.8, 4) is 51.6 Å². The molecule has 214 valence electrons. The molecule has 5 aromatic rings. The molecule has 3 aliphatic rings. The van der Waals surface area contributed by atoms with E-state index in [1.54, 1.807) is 49.4 Å². The first-order valence-corrected chi connectivity index (χ1v) is 13.6. The molecular formula is C34H24O9. The average molecular weight is 577 g/mol. The number of allylic oxidation sites excluding steroid dienone is 1. The lowest BCUT2D eigenvalue weighted by Gasteiger charge is -2.49. The number of aliphatic hydroxyl groups is 1. The Bertz CT molecular complexity index is 2090. The zero-order valence-corrected chi connectivity index (χ0v) is 22.6. The van der Waals surface area contributed by atoms with Crippen LogP contribution in [0, 0.1) is 0 Å². The van der Waals surface area contributed by atoms with Gasteiger partial charge < -0.3 is 44.5 Å². The predicted molar refractivity (Wildman–Crippen MR) is 156 cm³/mol. The Morgan fingerprint density at radius 2 is 1.49 bits per heavy atom. The number of hydrogen-bond donors (Lipinski definition) is 6. The largest absolute Gasteiger partial charge is 0.508 e. The van der Waals surface area contributed by atoms with E-state index in [1.807, 2.05) is 0 Å². The van der Waals surface area contributed by atoms with Crippen LogP contribution in [0.5, 0.6) is 40.2 Å². The SMILES string of the molecule is C[C@]12C=C3C(=C(c4ccc(O)cc4O)Oc4cc(-c5cc6ccc(O)cc6o5)cc(O)c43)[C@H](c3ccc(O)cc3O1)[C@@H]2O. The van der Waals surface area contributed by atoms with Crippen LogP contribution in [0.1, 0.15) is 29.5 Å². The van der Waals surface area contributed by atoms with Gasteiger partial charge in [0.1, 0.15) is 63.5 Å². The highest BCUT2D eigenvalue weighted by molar-refractivity contribution is 5.99. The Morgan fingerprint density at radius 1 is 0.744 bits per heavy atom. The van der Waals surface area contributed by atoms with Crippen LogP contribution in [0.2, 0.25) is 0 Å². The molecule has 2 aliphatic heterocycles. The lowest BCUT2D eigenvalue weighted by molar-refractivity contribution is -0.0347. The van der Waals surface area contributed by atoms with Gasteiger partial charge in [-0.3, -0.25) is 0 Å². The average Bonchev–Trinajstić information content (AvgIpc) is 3.36. The molecule has 1 aromatic heterocycles. The van der Waals surface area contributed by atoms with E-state index >= 15 is 0 Å². The van der Waals surface area contributed by atoms with Crippen LogP contribution < -0.4 is 9.47 Å². The van der Waals surface area contributed by atoms with Crippen LogP contribution in [0.15, 0.2) is 88.9 Å². The number of hydrogen-bond acceptors (Lipinski definition) is 9. The summed E-state index contributed by atoms with van der Waals surface area (Å²) in [4.78, 5) is 0. The maximum absolute atomic E-state index is 11.7. The van der Waals surface area contributed by atoms with Crippen LogP contribution in [-0.4, -0.2) is 42.3 Å². The molecule has 3 atom stereocenters. The topological polar surface area (TPSA) is 153 Å². The van der Waals surface area contributed by atoms with Gasteiger partial charge in [0.15, 0.2) is 5.60 Å². The number of benzene rings is 4. The van der Waals surface area contributed by atoms with Crippen LogP contribution in [0.3, 0.4) is 0 Å². The standard InChI is InChI=1S/C34H24O9/c1-34-14-22-29-24(39)8-16(25-9-15-2-3-18(36)12-26(15)41-25)10-28(29)42-32(20-6-4-17(35)11-23(20)38)30(22)31(33(34)40)21-7-5-19(37)13-27(21)43-34/h2-14,31,33,35-40H,1H3/t31-,33-,34+/m0/s1. The highest BCUT2D eigenvalue weighted by atomic mass is 16.5. The van der Waals surface area contributed by atoms with Gasteiger partial charge in [0.2, 0.25) is 0 Å².